The van der Waals surface area contributed by atoms with Crippen molar-refractivity contribution in [3.05, 3.63) is 35.4 Å². The van der Waals surface area contributed by atoms with E-state index in [4.69, 9.17) is 0 Å². The number of hydrogen-bond acceptors (Lipinski definition) is 11. The third-order valence-corrected chi connectivity index (χ3v) is 18.2. The Morgan fingerprint density at radius 3 is 1.83 bits per heavy atom. The van der Waals surface area contributed by atoms with E-state index in [1.807, 2.05) is 20.8 Å². The lowest BCUT2D eigenvalue weighted by atomic mass is 9.84. The van der Waals surface area contributed by atoms with Gasteiger partial charge in [0.1, 0.15) is 41.8 Å². The number of alkyl halides is 3. The van der Waals surface area contributed by atoms with Crippen molar-refractivity contribution < 1.29 is 65.9 Å². The molecule has 2 saturated heterocycles. The minimum Gasteiger partial charge on any atom is -0.351 e. The van der Waals surface area contributed by atoms with Gasteiger partial charge in [-0.05, 0) is 101 Å². The first kappa shape index (κ1) is 70.9. The Bertz CT molecular complexity index is 2630. The van der Waals surface area contributed by atoms with Gasteiger partial charge >= 0.3 is 6.18 Å². The molecule has 1 aromatic rings. The zero-order valence-corrected chi connectivity index (χ0v) is 53.2. The Hall–Kier alpha value is -6.82. The monoisotopic (exact) mass is 1230 g/mol. The summed E-state index contributed by atoms with van der Waals surface area (Å²) in [4.78, 5) is 166. The maximum Gasteiger partial charge on any atom is 0.416 e. The largest absolute Gasteiger partial charge is 0.416 e. The number of halogens is 3. The predicted molar refractivity (Wildman–Crippen MR) is 318 cm³/mol. The summed E-state index contributed by atoms with van der Waals surface area (Å²) >= 11 is 0. The summed E-state index contributed by atoms with van der Waals surface area (Å²) in [5.74, 6) is -7.24. The van der Waals surface area contributed by atoms with Gasteiger partial charge in [-0.25, -0.2) is 0 Å². The van der Waals surface area contributed by atoms with E-state index in [1.54, 1.807) is 13.8 Å². The molecule has 11 amide bonds. The van der Waals surface area contributed by atoms with Gasteiger partial charge in [0.15, 0.2) is 0 Å². The summed E-state index contributed by atoms with van der Waals surface area (Å²) in [5, 5.41) is 11.4. The number of aryl methyl sites for hydroxylation is 1. The Labute approximate surface area is 511 Å². The van der Waals surface area contributed by atoms with Crippen LogP contribution in [0.1, 0.15) is 155 Å². The van der Waals surface area contributed by atoms with Crippen LogP contribution < -0.4 is 21.3 Å². The number of amides is 11. The molecule has 0 radical (unpaired) electrons. The minimum absolute atomic E-state index is 0.0193. The number of benzene rings is 1. The van der Waals surface area contributed by atoms with Crippen LogP contribution in [0.5, 0.6) is 0 Å². The number of nitrogens with zero attached hydrogens (tertiary/aromatic N) is 7. The van der Waals surface area contributed by atoms with Gasteiger partial charge in [-0.1, -0.05) is 91.2 Å². The topological polar surface area (TPSA) is 259 Å². The molecule has 2 aliphatic carbocycles. The third-order valence-electron chi connectivity index (χ3n) is 18.2. The number of rotatable bonds is 9. The standard InChI is InChI=1S/C62H96F3N11O11/c1-13-39(4)53-59(86)72(9)36-51(79)70(7)37-52(80)74(11)48(34-43-20-15-14-16-21-43)58(85)71(8)35-49(77)67-45(28-25-42-23-26-44(27-24-42)62(63,64)65)57(84)76-31-19-22-46(76)56(83)69-61(29-17-18-30-61)60(87)75(12)47(32-38(2)3)55(82)66-40(5)33-50(78)73(10)41(6)54(81)68-53/h23-24,26-27,38-41,43,45-48,53H,13-22,25,28-37H2,1-12H3,(H,66,82)(H,67,77)(H,68,81)(H,69,83)/t39-,40+,41-,45-,46-,47-,48-,53-/m0/s1. The van der Waals surface area contributed by atoms with E-state index >= 15 is 0 Å². The third kappa shape index (κ3) is 18.9. The van der Waals surface area contributed by atoms with Crippen molar-refractivity contribution in [1.29, 1.82) is 0 Å². The van der Waals surface area contributed by atoms with Gasteiger partial charge in [0.25, 0.3) is 0 Å². The van der Waals surface area contributed by atoms with E-state index in [1.165, 1.54) is 80.9 Å². The fraction of sp³-hybridized carbons (Fsp3) is 0.726. The number of hydrogen-bond donors (Lipinski definition) is 4. The first-order valence-corrected chi connectivity index (χ1v) is 31.0. The molecular formula is C62H96F3N11O11. The summed E-state index contributed by atoms with van der Waals surface area (Å²) in [7, 11) is 8.51. The molecule has 25 heteroatoms. The van der Waals surface area contributed by atoms with Crippen LogP contribution in [0.3, 0.4) is 0 Å². The van der Waals surface area contributed by atoms with Crippen LogP contribution >= 0.6 is 0 Å². The molecule has 4 aliphatic rings. The van der Waals surface area contributed by atoms with Crippen LogP contribution in [-0.4, -0.2) is 216 Å². The van der Waals surface area contributed by atoms with E-state index in [9.17, 15) is 65.9 Å². The zero-order chi connectivity index (χ0) is 64.8. The molecule has 2 saturated carbocycles. The average molecular weight is 1230 g/mol. The fourth-order valence-electron chi connectivity index (χ4n) is 12.3. The summed E-state index contributed by atoms with van der Waals surface area (Å²) in [6.07, 6.45) is 2.51. The summed E-state index contributed by atoms with van der Waals surface area (Å²) in [6, 6.07) is -3.24. The van der Waals surface area contributed by atoms with E-state index in [0.29, 0.717) is 31.2 Å². The van der Waals surface area contributed by atoms with Gasteiger partial charge < -0.3 is 55.6 Å². The smallest absolute Gasteiger partial charge is 0.351 e. The highest BCUT2D eigenvalue weighted by Gasteiger charge is 2.49. The van der Waals surface area contributed by atoms with E-state index in [0.717, 1.165) is 58.9 Å². The number of fused-ring (bicyclic) bond motifs is 1. The zero-order valence-electron chi connectivity index (χ0n) is 53.2. The highest BCUT2D eigenvalue weighted by atomic mass is 19.4. The van der Waals surface area contributed by atoms with Crippen LogP contribution in [0.2, 0.25) is 0 Å². The maximum atomic E-state index is 15.0. The van der Waals surface area contributed by atoms with Crippen molar-refractivity contribution in [2.45, 2.75) is 205 Å². The van der Waals surface area contributed by atoms with Gasteiger partial charge in [-0.15, -0.1) is 0 Å². The number of carbonyl (C=O) groups is 11. The highest BCUT2D eigenvalue weighted by Crippen LogP contribution is 2.35. The molecule has 2 aliphatic heterocycles. The molecule has 2 heterocycles. The van der Waals surface area contributed by atoms with Crippen molar-refractivity contribution in [3.8, 4) is 0 Å². The van der Waals surface area contributed by atoms with Gasteiger partial charge in [0, 0.05) is 61.3 Å². The molecule has 22 nitrogen and oxygen atoms in total. The fourth-order valence-corrected chi connectivity index (χ4v) is 12.3. The Morgan fingerprint density at radius 2 is 1.23 bits per heavy atom. The van der Waals surface area contributed by atoms with Crippen molar-refractivity contribution >= 4 is 65.0 Å². The number of nitrogens with one attached hydrogen (secondary N) is 4. The number of carbonyl (C=O) groups excluding carboxylic acids is 11. The number of likely N-dealkylation sites (N-methyl/N-ethyl adjacent to an activating group) is 6. The normalized spacial score (nSPS) is 26.7. The molecule has 0 aromatic heterocycles. The SMILES string of the molecule is CC[C@H](C)[C@@H]1NC(=O)[C@H](C)N(C)C(=O)C[C@@H](C)NC(=O)[C@H](CC(C)C)N(C)C(=O)C2(CCCC2)NC(=O)[C@@H]2CCCN2C(=O)[C@H](CCc2ccc(C(F)(F)F)cc2)NC(=O)CN(C)C(=O)[C@H](CC2CCCCC2)N(C)C(=O)CN(C)C(=O)CN(C)C1=O. The molecule has 8 atom stereocenters. The molecular weight excluding hydrogens is 1130 g/mol. The minimum atomic E-state index is -4.60. The van der Waals surface area contributed by atoms with Gasteiger partial charge in [0.05, 0.1) is 25.2 Å². The van der Waals surface area contributed by atoms with Gasteiger partial charge in [-0.2, -0.15) is 13.2 Å². The lowest BCUT2D eigenvalue weighted by Gasteiger charge is -2.39. The van der Waals surface area contributed by atoms with Gasteiger partial charge in [-0.3, -0.25) is 52.7 Å². The molecule has 4 fully saturated rings. The second-order valence-corrected chi connectivity index (χ2v) is 25.4. The van der Waals surface area contributed by atoms with Crippen LogP contribution in [0, 0.1) is 17.8 Å². The van der Waals surface area contributed by atoms with E-state index in [2.05, 4.69) is 21.3 Å². The Kier molecular flexibility index (Phi) is 25.6. The van der Waals surface area contributed by atoms with Crippen LogP contribution in [-0.2, 0) is 65.3 Å². The lowest BCUT2D eigenvalue weighted by molar-refractivity contribution is -0.149. The van der Waals surface area contributed by atoms with Crippen LogP contribution in [0.15, 0.2) is 24.3 Å². The lowest BCUT2D eigenvalue weighted by Crippen LogP contribution is -2.64. The Morgan fingerprint density at radius 1 is 0.621 bits per heavy atom. The quantitative estimate of drug-likeness (QED) is 0.276. The molecule has 0 bridgehead atoms. The summed E-state index contributed by atoms with van der Waals surface area (Å²) in [6.45, 7) is 8.97. The molecule has 486 valence electrons. The highest BCUT2D eigenvalue weighted by molar-refractivity contribution is 5.99. The molecule has 1 aromatic carbocycles. The second kappa shape index (κ2) is 31.4. The molecule has 1 spiro atoms. The van der Waals surface area contributed by atoms with Crippen molar-refractivity contribution in [2.24, 2.45) is 17.8 Å². The first-order chi connectivity index (χ1) is 40.8. The van der Waals surface area contributed by atoms with Crippen LogP contribution in [0.25, 0.3) is 0 Å². The van der Waals surface area contributed by atoms with Crippen LogP contribution in [0.4, 0.5) is 13.2 Å². The predicted octanol–water partition coefficient (Wildman–Crippen LogP) is 3.87. The average Bonchev–Trinajstić information content (AvgIpc) is 2.19. The van der Waals surface area contributed by atoms with Crippen molar-refractivity contribution in [1.82, 2.24) is 55.6 Å². The summed E-state index contributed by atoms with van der Waals surface area (Å²) < 4.78 is 40.7. The molecule has 4 N–H and O–H groups in total. The molecule has 87 heavy (non-hydrogen) atoms. The molecule has 5 rings (SSSR count). The van der Waals surface area contributed by atoms with E-state index < -0.39 is 150 Å². The van der Waals surface area contributed by atoms with Crippen molar-refractivity contribution in [3.63, 3.8) is 0 Å². The maximum absolute atomic E-state index is 15.0. The van der Waals surface area contributed by atoms with E-state index in [-0.39, 0.29) is 69.7 Å². The molecule has 0 unspecified atom stereocenters. The Balaban J connectivity index is 1.52. The summed E-state index contributed by atoms with van der Waals surface area (Å²) in [5.41, 5.74) is -1.92. The van der Waals surface area contributed by atoms with Crippen molar-refractivity contribution in [2.75, 3.05) is 68.5 Å². The first-order valence-electron chi connectivity index (χ1n) is 31.0. The second-order valence-electron chi connectivity index (χ2n) is 25.4. The van der Waals surface area contributed by atoms with Gasteiger partial charge in [0.2, 0.25) is 65.0 Å².